The fraction of sp³-hybridized carbons (Fsp3) is 0.533. The van der Waals surface area contributed by atoms with Crippen molar-refractivity contribution in [2.24, 2.45) is 0 Å². The van der Waals surface area contributed by atoms with Crippen LogP contribution in [0.2, 0.25) is 0 Å². The lowest BCUT2D eigenvalue weighted by Crippen LogP contribution is -2.52. The highest BCUT2D eigenvalue weighted by molar-refractivity contribution is 5.79. The van der Waals surface area contributed by atoms with Gasteiger partial charge in [-0.1, -0.05) is 17.3 Å². The predicted molar refractivity (Wildman–Crippen MR) is 80.1 cm³/mol. The summed E-state index contributed by atoms with van der Waals surface area (Å²) in [4.78, 5) is 12.2. The lowest BCUT2D eigenvalue weighted by molar-refractivity contribution is -0.125. The lowest BCUT2D eigenvalue weighted by atomic mass is 9.90. The number of nitrogens with one attached hydrogen (secondary N) is 1. The molecule has 3 rings (SSSR count). The van der Waals surface area contributed by atoms with Gasteiger partial charge >= 0.3 is 0 Å². The standard InChI is InChI=1S/C15H20N4O3/c1-22-13-8-4-6-11(15(13)21)16-14(20)9-19-12-7-3-2-5-10(12)17-18-19/h2-3,5,7,11,13,15,21H,4,6,8-9H2,1H3,(H,16,20)/t11-,13-,15-/m1/s1. The number of amides is 1. The highest BCUT2D eigenvalue weighted by atomic mass is 16.5. The van der Waals surface area contributed by atoms with E-state index in [0.717, 1.165) is 30.3 Å². The van der Waals surface area contributed by atoms with Crippen molar-refractivity contribution in [3.05, 3.63) is 24.3 Å². The van der Waals surface area contributed by atoms with Gasteiger partial charge in [-0.25, -0.2) is 4.68 Å². The van der Waals surface area contributed by atoms with Crippen LogP contribution < -0.4 is 5.32 Å². The van der Waals surface area contributed by atoms with Gasteiger partial charge < -0.3 is 15.2 Å². The summed E-state index contributed by atoms with van der Waals surface area (Å²) < 4.78 is 6.81. The zero-order valence-corrected chi connectivity index (χ0v) is 12.5. The molecule has 7 heteroatoms. The van der Waals surface area contributed by atoms with Gasteiger partial charge in [0.15, 0.2) is 0 Å². The number of hydrogen-bond acceptors (Lipinski definition) is 5. The molecule has 0 spiro atoms. The monoisotopic (exact) mass is 304 g/mol. The van der Waals surface area contributed by atoms with Crippen LogP contribution in [0, 0.1) is 0 Å². The lowest BCUT2D eigenvalue weighted by Gasteiger charge is -2.34. The second kappa shape index (κ2) is 6.41. The van der Waals surface area contributed by atoms with Crippen LogP contribution in [0.5, 0.6) is 0 Å². The molecule has 1 heterocycles. The van der Waals surface area contributed by atoms with Crippen molar-refractivity contribution in [1.29, 1.82) is 0 Å². The molecule has 2 aromatic rings. The summed E-state index contributed by atoms with van der Waals surface area (Å²) in [6.45, 7) is 0.0847. The van der Waals surface area contributed by atoms with Gasteiger partial charge in [0.1, 0.15) is 18.2 Å². The smallest absolute Gasteiger partial charge is 0.242 e. The number of ether oxygens (including phenoxy) is 1. The normalized spacial score (nSPS) is 25.3. The molecule has 7 nitrogen and oxygen atoms in total. The predicted octanol–water partition coefficient (Wildman–Crippen LogP) is 0.476. The summed E-state index contributed by atoms with van der Waals surface area (Å²) in [5, 5.41) is 21.1. The first kappa shape index (κ1) is 14.9. The number of aliphatic hydroxyl groups excluding tert-OH is 1. The van der Waals surface area contributed by atoms with E-state index >= 15 is 0 Å². The molecule has 1 amide bonds. The van der Waals surface area contributed by atoms with E-state index in [9.17, 15) is 9.90 Å². The number of benzene rings is 1. The van der Waals surface area contributed by atoms with Crippen molar-refractivity contribution < 1.29 is 14.6 Å². The van der Waals surface area contributed by atoms with Gasteiger partial charge in [0.25, 0.3) is 0 Å². The second-order valence-corrected chi connectivity index (χ2v) is 5.61. The van der Waals surface area contributed by atoms with E-state index in [1.54, 1.807) is 11.8 Å². The van der Waals surface area contributed by atoms with Crippen LogP contribution >= 0.6 is 0 Å². The van der Waals surface area contributed by atoms with Crippen LogP contribution in [0.1, 0.15) is 19.3 Å². The zero-order valence-electron chi connectivity index (χ0n) is 12.5. The van der Waals surface area contributed by atoms with Crippen LogP contribution in [-0.4, -0.2) is 51.4 Å². The number of fused-ring (bicyclic) bond motifs is 1. The molecule has 1 aromatic heterocycles. The number of para-hydroxylation sites is 1. The van der Waals surface area contributed by atoms with Crippen LogP contribution in [0.15, 0.2) is 24.3 Å². The van der Waals surface area contributed by atoms with Gasteiger partial charge in [-0.15, -0.1) is 5.10 Å². The molecule has 1 aliphatic carbocycles. The van der Waals surface area contributed by atoms with Crippen molar-refractivity contribution in [2.75, 3.05) is 7.11 Å². The topological polar surface area (TPSA) is 89.3 Å². The average Bonchev–Trinajstić information content (AvgIpc) is 2.93. The molecule has 118 valence electrons. The molecule has 1 fully saturated rings. The third-order valence-electron chi connectivity index (χ3n) is 4.16. The van der Waals surface area contributed by atoms with Gasteiger partial charge in [0.2, 0.25) is 5.91 Å². The Morgan fingerprint density at radius 2 is 2.27 bits per heavy atom. The largest absolute Gasteiger partial charge is 0.388 e. The molecule has 0 unspecified atom stereocenters. The number of carbonyl (C=O) groups excluding carboxylic acids is 1. The molecule has 0 saturated heterocycles. The molecule has 1 saturated carbocycles. The first-order valence-electron chi connectivity index (χ1n) is 7.47. The van der Waals surface area contributed by atoms with Gasteiger partial charge in [-0.05, 0) is 31.4 Å². The number of hydrogen-bond donors (Lipinski definition) is 2. The van der Waals surface area contributed by atoms with E-state index in [1.165, 1.54) is 0 Å². The van der Waals surface area contributed by atoms with Gasteiger partial charge in [0, 0.05) is 7.11 Å². The summed E-state index contributed by atoms with van der Waals surface area (Å²) in [6.07, 6.45) is 1.61. The minimum absolute atomic E-state index is 0.0847. The molecule has 22 heavy (non-hydrogen) atoms. The summed E-state index contributed by atoms with van der Waals surface area (Å²) in [5.74, 6) is -0.184. The van der Waals surface area contributed by atoms with Gasteiger partial charge in [-0.3, -0.25) is 4.79 Å². The van der Waals surface area contributed by atoms with Crippen molar-refractivity contribution >= 4 is 16.9 Å². The molecular formula is C15H20N4O3. The third-order valence-corrected chi connectivity index (χ3v) is 4.16. The van der Waals surface area contributed by atoms with Crippen molar-refractivity contribution in [1.82, 2.24) is 20.3 Å². The Labute approximate surface area is 128 Å². The number of methoxy groups -OCH3 is 1. The molecule has 3 atom stereocenters. The Morgan fingerprint density at radius 1 is 1.45 bits per heavy atom. The van der Waals surface area contributed by atoms with Crippen LogP contribution in [0.4, 0.5) is 0 Å². The summed E-state index contributed by atoms with van der Waals surface area (Å²) in [7, 11) is 1.58. The van der Waals surface area contributed by atoms with E-state index in [4.69, 9.17) is 4.74 Å². The van der Waals surface area contributed by atoms with Gasteiger partial charge in [0.05, 0.1) is 17.7 Å². The maximum atomic E-state index is 12.2. The average molecular weight is 304 g/mol. The molecule has 0 aliphatic heterocycles. The number of nitrogens with zero attached hydrogens (tertiary/aromatic N) is 3. The maximum Gasteiger partial charge on any atom is 0.242 e. The summed E-state index contributed by atoms with van der Waals surface area (Å²) >= 11 is 0. The van der Waals surface area contributed by atoms with Crippen LogP contribution in [0.3, 0.4) is 0 Å². The Balaban J connectivity index is 1.65. The third kappa shape index (κ3) is 2.95. The highest BCUT2D eigenvalue weighted by Crippen LogP contribution is 2.21. The van der Waals surface area contributed by atoms with Gasteiger partial charge in [-0.2, -0.15) is 0 Å². The fourth-order valence-electron chi connectivity index (χ4n) is 2.98. The number of rotatable bonds is 4. The SMILES string of the molecule is CO[C@@H]1CCC[C@@H](NC(=O)Cn2nnc3ccccc32)[C@H]1O. The first-order chi connectivity index (χ1) is 10.7. The quantitative estimate of drug-likeness (QED) is 0.857. The van der Waals surface area contributed by atoms with Crippen LogP contribution in [-0.2, 0) is 16.1 Å². The Hall–Kier alpha value is -1.99. The number of aliphatic hydroxyl groups is 1. The van der Waals surface area contributed by atoms with E-state index in [-0.39, 0.29) is 24.6 Å². The maximum absolute atomic E-state index is 12.2. The van der Waals surface area contributed by atoms with Crippen molar-refractivity contribution in [2.45, 2.75) is 44.1 Å². The number of aromatic nitrogens is 3. The molecule has 0 bridgehead atoms. The Morgan fingerprint density at radius 3 is 3.09 bits per heavy atom. The zero-order chi connectivity index (χ0) is 15.5. The molecule has 0 radical (unpaired) electrons. The second-order valence-electron chi connectivity index (χ2n) is 5.61. The Bertz CT molecular complexity index is 657. The highest BCUT2D eigenvalue weighted by Gasteiger charge is 2.32. The minimum Gasteiger partial charge on any atom is -0.388 e. The van der Waals surface area contributed by atoms with Crippen molar-refractivity contribution in [3.63, 3.8) is 0 Å². The van der Waals surface area contributed by atoms with E-state index in [0.29, 0.717) is 0 Å². The molecular weight excluding hydrogens is 284 g/mol. The van der Waals surface area contributed by atoms with E-state index in [1.807, 2.05) is 24.3 Å². The number of carbonyl (C=O) groups is 1. The van der Waals surface area contributed by atoms with E-state index < -0.39 is 6.10 Å². The summed E-state index contributed by atoms with van der Waals surface area (Å²) in [5.41, 5.74) is 1.57. The summed E-state index contributed by atoms with van der Waals surface area (Å²) in [6, 6.07) is 7.21. The first-order valence-corrected chi connectivity index (χ1v) is 7.47. The Kier molecular flexibility index (Phi) is 4.35. The van der Waals surface area contributed by atoms with Crippen LogP contribution in [0.25, 0.3) is 11.0 Å². The molecule has 1 aliphatic rings. The molecule has 2 N–H and O–H groups in total. The fourth-order valence-corrected chi connectivity index (χ4v) is 2.98. The molecule has 1 aromatic carbocycles. The van der Waals surface area contributed by atoms with Crippen molar-refractivity contribution in [3.8, 4) is 0 Å². The van der Waals surface area contributed by atoms with E-state index in [2.05, 4.69) is 15.6 Å². The minimum atomic E-state index is -0.671.